The van der Waals surface area contributed by atoms with Crippen molar-refractivity contribution in [3.8, 4) is 45.5 Å². The van der Waals surface area contributed by atoms with Crippen LogP contribution in [0.25, 0.3) is 89.2 Å². The molecule has 0 amide bonds. The molecule has 250 valence electrons. The molecule has 7 aromatic carbocycles. The van der Waals surface area contributed by atoms with Crippen molar-refractivity contribution in [1.82, 2.24) is 24.1 Å². The molecule has 11 rings (SSSR count). The normalized spacial score (nSPS) is 13.2. The van der Waals surface area contributed by atoms with Gasteiger partial charge in [0.2, 0.25) is 5.95 Å². The highest BCUT2D eigenvalue weighted by Crippen LogP contribution is 2.52. The Bertz CT molecular complexity index is 3020. The summed E-state index contributed by atoms with van der Waals surface area (Å²) in [7, 11) is 0. The topological polar surface area (TPSA) is 48.5 Å². The van der Waals surface area contributed by atoms with Crippen LogP contribution in [0.1, 0.15) is 25.0 Å². The van der Waals surface area contributed by atoms with Crippen LogP contribution < -0.4 is 0 Å². The van der Waals surface area contributed by atoms with Gasteiger partial charge < -0.3 is 4.57 Å². The van der Waals surface area contributed by atoms with Crippen molar-refractivity contribution in [2.75, 3.05) is 0 Å². The third kappa shape index (κ3) is 4.22. The first-order chi connectivity index (χ1) is 26.1. The molecule has 3 heterocycles. The summed E-state index contributed by atoms with van der Waals surface area (Å²) in [5, 5.41) is 4.69. The van der Waals surface area contributed by atoms with E-state index < -0.39 is 0 Å². The van der Waals surface area contributed by atoms with Crippen LogP contribution in [0.3, 0.4) is 0 Å². The molecule has 1 aliphatic carbocycles. The van der Waals surface area contributed by atoms with Crippen LogP contribution in [0.15, 0.2) is 164 Å². The second-order valence-electron chi connectivity index (χ2n) is 14.4. The molecule has 0 radical (unpaired) electrons. The van der Waals surface area contributed by atoms with Crippen LogP contribution in [0.5, 0.6) is 0 Å². The fourth-order valence-corrected chi connectivity index (χ4v) is 8.86. The van der Waals surface area contributed by atoms with Crippen LogP contribution >= 0.6 is 0 Å². The fraction of sp³-hybridized carbons (Fsp3) is 0.0625. The SMILES string of the molecule is CC1(C)c2ccccc2-c2cccc(-n3c4ccccc4c4ccc5c6ccccc6n(-c6nc(-c7ccccc7)nc(-c7ccccc7)n6)c5c43)c21. The second kappa shape index (κ2) is 11.1. The van der Waals surface area contributed by atoms with Gasteiger partial charge in [-0.2, -0.15) is 9.97 Å². The molecular weight excluding hydrogens is 647 g/mol. The second-order valence-corrected chi connectivity index (χ2v) is 14.4. The van der Waals surface area contributed by atoms with Crippen molar-refractivity contribution in [2.24, 2.45) is 0 Å². The average molecular weight is 680 g/mol. The molecule has 0 bridgehead atoms. The molecule has 0 aliphatic heterocycles. The summed E-state index contributed by atoms with van der Waals surface area (Å²) in [6.45, 7) is 4.73. The van der Waals surface area contributed by atoms with Crippen LogP contribution in [0, 0.1) is 0 Å². The van der Waals surface area contributed by atoms with E-state index in [9.17, 15) is 0 Å². The first-order valence-corrected chi connectivity index (χ1v) is 18.1. The van der Waals surface area contributed by atoms with Gasteiger partial charge in [-0.25, -0.2) is 4.98 Å². The predicted octanol–water partition coefficient (Wildman–Crippen LogP) is 11.7. The molecular formula is C48H33N5. The number of para-hydroxylation sites is 2. The smallest absolute Gasteiger partial charge is 0.238 e. The Hall–Kier alpha value is -6.85. The van der Waals surface area contributed by atoms with Gasteiger partial charge in [-0.15, -0.1) is 0 Å². The van der Waals surface area contributed by atoms with Crippen LogP contribution in [0.2, 0.25) is 0 Å². The van der Waals surface area contributed by atoms with Gasteiger partial charge in [-0.05, 0) is 40.5 Å². The fourth-order valence-electron chi connectivity index (χ4n) is 8.86. The highest BCUT2D eigenvalue weighted by Gasteiger charge is 2.38. The molecule has 5 nitrogen and oxygen atoms in total. The summed E-state index contributed by atoms with van der Waals surface area (Å²) in [6.07, 6.45) is 0. The van der Waals surface area contributed by atoms with Gasteiger partial charge >= 0.3 is 0 Å². The van der Waals surface area contributed by atoms with E-state index in [1.807, 2.05) is 36.4 Å². The van der Waals surface area contributed by atoms with E-state index in [2.05, 4.69) is 150 Å². The zero-order valence-electron chi connectivity index (χ0n) is 29.3. The number of hydrogen-bond donors (Lipinski definition) is 0. The highest BCUT2D eigenvalue weighted by molar-refractivity contribution is 6.23. The minimum atomic E-state index is -0.204. The van der Waals surface area contributed by atoms with Crippen molar-refractivity contribution < 1.29 is 0 Å². The average Bonchev–Trinajstić information content (AvgIpc) is 3.82. The van der Waals surface area contributed by atoms with Gasteiger partial charge in [-0.3, -0.25) is 4.57 Å². The molecule has 0 fully saturated rings. The molecule has 3 aromatic heterocycles. The molecule has 0 atom stereocenters. The number of nitrogens with zero attached hydrogens (tertiary/aromatic N) is 5. The zero-order chi connectivity index (χ0) is 35.3. The summed E-state index contributed by atoms with van der Waals surface area (Å²) in [5.41, 5.74) is 12.5. The Morgan fingerprint density at radius 3 is 1.57 bits per heavy atom. The molecule has 53 heavy (non-hydrogen) atoms. The standard InChI is InChI=1S/C48H33N5/c1-48(2)38-24-12-9-20-32(38)35-23-15-27-41(42(35)48)52-39-25-13-10-21-33(39)36-28-29-37-34-22-11-14-26-40(34)53(44(37)43(36)52)47-50-45(30-16-5-3-6-17-30)49-46(51-47)31-18-7-4-8-19-31/h3-29H,1-2H3. The summed E-state index contributed by atoms with van der Waals surface area (Å²) in [5.74, 6) is 1.85. The molecule has 0 spiro atoms. The quantitative estimate of drug-likeness (QED) is 0.186. The van der Waals surface area contributed by atoms with Gasteiger partial charge in [0.1, 0.15) is 0 Å². The number of aromatic nitrogens is 5. The Labute approximate surface area is 306 Å². The minimum absolute atomic E-state index is 0.204. The van der Waals surface area contributed by atoms with E-state index in [1.54, 1.807) is 0 Å². The summed E-state index contributed by atoms with van der Waals surface area (Å²) >= 11 is 0. The van der Waals surface area contributed by atoms with Gasteiger partial charge in [0.15, 0.2) is 11.6 Å². The molecule has 10 aromatic rings. The van der Waals surface area contributed by atoms with Crippen molar-refractivity contribution in [3.63, 3.8) is 0 Å². The molecule has 1 aliphatic rings. The first kappa shape index (κ1) is 29.8. The number of hydrogen-bond acceptors (Lipinski definition) is 3. The maximum absolute atomic E-state index is 5.27. The Morgan fingerprint density at radius 1 is 0.415 bits per heavy atom. The summed E-state index contributed by atoms with van der Waals surface area (Å²) < 4.78 is 4.78. The van der Waals surface area contributed by atoms with Crippen molar-refractivity contribution in [2.45, 2.75) is 19.3 Å². The van der Waals surface area contributed by atoms with Crippen LogP contribution in [-0.2, 0) is 5.41 Å². The molecule has 0 N–H and O–H groups in total. The third-order valence-electron chi connectivity index (χ3n) is 11.2. The lowest BCUT2D eigenvalue weighted by molar-refractivity contribution is 0.656. The molecule has 0 saturated heterocycles. The van der Waals surface area contributed by atoms with E-state index >= 15 is 0 Å². The molecule has 0 unspecified atom stereocenters. The summed E-state index contributed by atoms with van der Waals surface area (Å²) in [4.78, 5) is 15.6. The van der Waals surface area contributed by atoms with Gasteiger partial charge in [0.25, 0.3) is 0 Å². The predicted molar refractivity (Wildman–Crippen MR) is 217 cm³/mol. The lowest BCUT2D eigenvalue weighted by Crippen LogP contribution is -2.18. The minimum Gasteiger partial charge on any atom is -0.307 e. The Balaban J connectivity index is 1.31. The maximum atomic E-state index is 5.27. The maximum Gasteiger partial charge on any atom is 0.238 e. The lowest BCUT2D eigenvalue weighted by Gasteiger charge is -2.25. The highest BCUT2D eigenvalue weighted by atomic mass is 15.2. The van der Waals surface area contributed by atoms with E-state index in [1.165, 1.54) is 38.7 Å². The van der Waals surface area contributed by atoms with Crippen molar-refractivity contribution in [3.05, 3.63) is 175 Å². The number of fused-ring (bicyclic) bond motifs is 10. The third-order valence-corrected chi connectivity index (χ3v) is 11.2. The Morgan fingerprint density at radius 2 is 0.925 bits per heavy atom. The lowest BCUT2D eigenvalue weighted by atomic mass is 9.81. The monoisotopic (exact) mass is 679 g/mol. The molecule has 5 heteroatoms. The van der Waals surface area contributed by atoms with E-state index in [0.717, 1.165) is 44.0 Å². The van der Waals surface area contributed by atoms with Crippen molar-refractivity contribution in [1.29, 1.82) is 0 Å². The Kier molecular flexibility index (Phi) is 6.23. The van der Waals surface area contributed by atoms with E-state index in [4.69, 9.17) is 15.0 Å². The van der Waals surface area contributed by atoms with E-state index in [-0.39, 0.29) is 5.41 Å². The summed E-state index contributed by atoms with van der Waals surface area (Å²) in [6, 6.07) is 58.1. The molecule has 0 saturated carbocycles. The first-order valence-electron chi connectivity index (χ1n) is 18.1. The van der Waals surface area contributed by atoms with Crippen molar-refractivity contribution >= 4 is 43.6 Å². The van der Waals surface area contributed by atoms with Crippen LogP contribution in [0.4, 0.5) is 0 Å². The van der Waals surface area contributed by atoms with Gasteiger partial charge in [0, 0.05) is 38.1 Å². The largest absolute Gasteiger partial charge is 0.307 e. The number of benzene rings is 7. The van der Waals surface area contributed by atoms with Gasteiger partial charge in [0.05, 0.1) is 27.8 Å². The van der Waals surface area contributed by atoms with Gasteiger partial charge in [-0.1, -0.05) is 159 Å². The van der Waals surface area contributed by atoms with E-state index in [0.29, 0.717) is 17.6 Å². The van der Waals surface area contributed by atoms with Crippen LogP contribution in [-0.4, -0.2) is 24.1 Å². The number of rotatable bonds is 4. The zero-order valence-corrected chi connectivity index (χ0v) is 29.3.